The van der Waals surface area contributed by atoms with Crippen LogP contribution < -0.4 is 4.80 Å². The van der Waals surface area contributed by atoms with Crippen LogP contribution in [0.15, 0.2) is 65.0 Å². The normalized spacial score (nSPS) is 11.8. The zero-order valence-electron chi connectivity index (χ0n) is 13.0. The topological polar surface area (TPSA) is 34.4 Å². The van der Waals surface area contributed by atoms with Crippen LogP contribution in [0.2, 0.25) is 0 Å². The molecular weight excluding hydrogens is 343 g/mol. The molecule has 3 rings (SSSR count). The Morgan fingerprint density at radius 1 is 1.38 bits per heavy atom. The van der Waals surface area contributed by atoms with E-state index in [0.717, 1.165) is 15.1 Å². The molecule has 0 bridgehead atoms. The molecule has 0 aliphatic heterocycles. The molecule has 0 atom stereocenters. The highest BCUT2D eigenvalue weighted by molar-refractivity contribution is 7.98. The van der Waals surface area contributed by atoms with Crippen LogP contribution in [0.3, 0.4) is 0 Å². The molecule has 0 N–H and O–H groups in total. The lowest BCUT2D eigenvalue weighted by Gasteiger charge is -2.01. The van der Waals surface area contributed by atoms with Crippen LogP contribution in [-0.2, 0) is 6.54 Å². The van der Waals surface area contributed by atoms with E-state index in [9.17, 15) is 9.18 Å². The van der Waals surface area contributed by atoms with Gasteiger partial charge in [-0.1, -0.05) is 23.5 Å². The van der Waals surface area contributed by atoms with Crippen LogP contribution in [0.25, 0.3) is 10.2 Å². The van der Waals surface area contributed by atoms with E-state index in [-0.39, 0.29) is 11.7 Å². The fourth-order valence-corrected chi connectivity index (χ4v) is 3.87. The van der Waals surface area contributed by atoms with Gasteiger partial charge in [0.15, 0.2) is 4.80 Å². The second-order valence-corrected chi connectivity index (χ2v) is 6.93. The summed E-state index contributed by atoms with van der Waals surface area (Å²) in [5, 5.41) is 0. The predicted octanol–water partition coefficient (Wildman–Crippen LogP) is 4.49. The molecule has 0 saturated carbocycles. The van der Waals surface area contributed by atoms with Crippen LogP contribution >= 0.6 is 23.1 Å². The van der Waals surface area contributed by atoms with Gasteiger partial charge in [0, 0.05) is 17.0 Å². The van der Waals surface area contributed by atoms with E-state index in [2.05, 4.69) is 11.6 Å². The Hall–Kier alpha value is -2.18. The number of thiazole rings is 1. The summed E-state index contributed by atoms with van der Waals surface area (Å²) in [5.41, 5.74) is 1.38. The molecule has 0 spiro atoms. The summed E-state index contributed by atoms with van der Waals surface area (Å²) >= 11 is 2.87. The molecule has 1 heterocycles. The number of benzene rings is 2. The zero-order chi connectivity index (χ0) is 17.1. The van der Waals surface area contributed by atoms with Gasteiger partial charge in [0.2, 0.25) is 0 Å². The van der Waals surface area contributed by atoms with E-state index in [1.54, 1.807) is 30.0 Å². The van der Waals surface area contributed by atoms with Crippen molar-refractivity contribution in [1.82, 2.24) is 4.57 Å². The molecule has 0 unspecified atom stereocenters. The van der Waals surface area contributed by atoms with Crippen molar-refractivity contribution in [3.8, 4) is 0 Å². The molecule has 0 radical (unpaired) electrons. The number of carbonyl (C=O) groups is 1. The molecule has 6 heteroatoms. The minimum Gasteiger partial charge on any atom is -0.312 e. The summed E-state index contributed by atoms with van der Waals surface area (Å²) in [6, 6.07) is 11.9. The van der Waals surface area contributed by atoms with Crippen molar-refractivity contribution >= 4 is 39.2 Å². The average Bonchev–Trinajstić information content (AvgIpc) is 2.91. The van der Waals surface area contributed by atoms with E-state index in [4.69, 9.17) is 0 Å². The monoisotopic (exact) mass is 358 g/mol. The van der Waals surface area contributed by atoms with Gasteiger partial charge in [-0.15, -0.1) is 18.3 Å². The van der Waals surface area contributed by atoms with Gasteiger partial charge in [-0.2, -0.15) is 4.99 Å². The number of nitrogens with zero attached hydrogens (tertiary/aromatic N) is 2. The highest BCUT2D eigenvalue weighted by Gasteiger charge is 2.09. The number of fused-ring (bicyclic) bond motifs is 1. The molecule has 0 aliphatic carbocycles. The van der Waals surface area contributed by atoms with Crippen molar-refractivity contribution in [2.45, 2.75) is 11.4 Å². The fourth-order valence-electron chi connectivity index (χ4n) is 2.35. The summed E-state index contributed by atoms with van der Waals surface area (Å²) in [6.45, 7) is 4.24. The third-order valence-electron chi connectivity index (χ3n) is 3.47. The summed E-state index contributed by atoms with van der Waals surface area (Å²) in [7, 11) is 0. The van der Waals surface area contributed by atoms with Gasteiger partial charge in [0.25, 0.3) is 5.91 Å². The third kappa shape index (κ3) is 3.34. The van der Waals surface area contributed by atoms with Gasteiger partial charge in [-0.05, 0) is 42.7 Å². The number of thioether (sulfide) groups is 1. The Morgan fingerprint density at radius 2 is 2.21 bits per heavy atom. The standard InChI is InChI=1S/C18H15FN2OS2/c1-3-9-21-15-8-7-13(19)11-16(15)24-18(21)20-17(22)12-5-4-6-14(10-12)23-2/h3-8,10-11H,1,9H2,2H3. The Bertz CT molecular complexity index is 988. The SMILES string of the molecule is C=CCn1c(=NC(=O)c2cccc(SC)c2)sc2cc(F)ccc21. The quantitative estimate of drug-likeness (QED) is 0.509. The van der Waals surface area contributed by atoms with Gasteiger partial charge < -0.3 is 4.57 Å². The van der Waals surface area contributed by atoms with Crippen LogP contribution in [0, 0.1) is 5.82 Å². The van der Waals surface area contributed by atoms with E-state index >= 15 is 0 Å². The molecule has 122 valence electrons. The second-order valence-electron chi connectivity index (χ2n) is 5.04. The Labute approximate surface area is 147 Å². The van der Waals surface area contributed by atoms with Crippen LogP contribution in [0.1, 0.15) is 10.4 Å². The highest BCUT2D eigenvalue weighted by atomic mass is 32.2. The molecular formula is C18H15FN2OS2. The Kier molecular flexibility index (Phi) is 4.97. The molecule has 0 saturated heterocycles. The van der Waals surface area contributed by atoms with Crippen LogP contribution in [-0.4, -0.2) is 16.7 Å². The van der Waals surface area contributed by atoms with Gasteiger partial charge in [-0.25, -0.2) is 4.39 Å². The van der Waals surface area contributed by atoms with Crippen molar-refractivity contribution < 1.29 is 9.18 Å². The predicted molar refractivity (Wildman–Crippen MR) is 98.1 cm³/mol. The summed E-state index contributed by atoms with van der Waals surface area (Å²) in [6.07, 6.45) is 3.69. The molecule has 2 aromatic carbocycles. The van der Waals surface area contributed by atoms with Gasteiger partial charge in [-0.3, -0.25) is 4.79 Å². The first-order valence-corrected chi connectivity index (χ1v) is 9.29. The lowest BCUT2D eigenvalue weighted by Crippen LogP contribution is -2.16. The number of carbonyl (C=O) groups excluding carboxylic acids is 1. The number of hydrogen-bond acceptors (Lipinski definition) is 3. The van der Waals surface area contributed by atoms with Crippen LogP contribution in [0.4, 0.5) is 4.39 Å². The first-order chi connectivity index (χ1) is 11.6. The second kappa shape index (κ2) is 7.15. The van der Waals surface area contributed by atoms with Gasteiger partial charge >= 0.3 is 0 Å². The molecule has 1 aromatic heterocycles. The van der Waals surface area contributed by atoms with Crippen molar-refractivity contribution in [2.24, 2.45) is 4.99 Å². The number of aromatic nitrogens is 1. The zero-order valence-corrected chi connectivity index (χ0v) is 14.7. The molecule has 24 heavy (non-hydrogen) atoms. The molecule has 0 fully saturated rings. The minimum atomic E-state index is -0.309. The summed E-state index contributed by atoms with van der Waals surface area (Å²) < 4.78 is 16.1. The lowest BCUT2D eigenvalue weighted by molar-refractivity contribution is 0.0997. The van der Waals surface area contributed by atoms with E-state index in [0.29, 0.717) is 16.9 Å². The summed E-state index contributed by atoms with van der Waals surface area (Å²) in [5.74, 6) is -0.615. The van der Waals surface area contributed by atoms with Crippen molar-refractivity contribution in [3.63, 3.8) is 0 Å². The van der Waals surface area contributed by atoms with Gasteiger partial charge in [0.05, 0.1) is 10.2 Å². The number of allylic oxidation sites excluding steroid dienone is 1. The number of rotatable bonds is 4. The lowest BCUT2D eigenvalue weighted by atomic mass is 10.2. The maximum absolute atomic E-state index is 13.5. The fraction of sp³-hybridized carbons (Fsp3) is 0.111. The Balaban J connectivity index is 2.12. The number of hydrogen-bond donors (Lipinski definition) is 0. The van der Waals surface area contributed by atoms with Crippen LogP contribution in [0.5, 0.6) is 0 Å². The van der Waals surface area contributed by atoms with E-state index in [1.165, 1.54) is 23.5 Å². The summed E-state index contributed by atoms with van der Waals surface area (Å²) in [4.78, 5) is 18.3. The van der Waals surface area contributed by atoms with Crippen molar-refractivity contribution in [2.75, 3.05) is 6.26 Å². The number of amides is 1. The largest absolute Gasteiger partial charge is 0.312 e. The highest BCUT2D eigenvalue weighted by Crippen LogP contribution is 2.19. The molecule has 3 aromatic rings. The average molecular weight is 358 g/mol. The van der Waals surface area contributed by atoms with Crippen molar-refractivity contribution in [3.05, 3.63) is 71.3 Å². The number of halogens is 1. The molecule has 3 nitrogen and oxygen atoms in total. The maximum atomic E-state index is 13.5. The third-order valence-corrected chi connectivity index (χ3v) is 5.24. The van der Waals surface area contributed by atoms with E-state index < -0.39 is 0 Å². The first-order valence-electron chi connectivity index (χ1n) is 7.25. The molecule has 1 amide bonds. The maximum Gasteiger partial charge on any atom is 0.279 e. The van der Waals surface area contributed by atoms with E-state index in [1.807, 2.05) is 29.0 Å². The minimum absolute atomic E-state index is 0.306. The van der Waals surface area contributed by atoms with Gasteiger partial charge in [0.1, 0.15) is 5.82 Å². The molecule has 0 aliphatic rings. The first kappa shape index (κ1) is 16.7. The van der Waals surface area contributed by atoms with Crippen molar-refractivity contribution in [1.29, 1.82) is 0 Å². The Morgan fingerprint density at radius 3 is 2.96 bits per heavy atom. The smallest absolute Gasteiger partial charge is 0.279 e.